The number of rotatable bonds is 14. The first-order valence-electron chi connectivity index (χ1n) is 12.0. The molecule has 3 rings (SSSR count). The molecule has 1 amide bonds. The van der Waals surface area contributed by atoms with Gasteiger partial charge in [0.05, 0.1) is 42.6 Å². The molecule has 0 aliphatic heterocycles. The Morgan fingerprint density at radius 3 is 2.45 bits per heavy atom. The number of hydrazone groups is 1. The molecule has 0 radical (unpaired) electrons. The normalized spacial score (nSPS) is 11.0. The Bertz CT molecular complexity index is 1610. The number of anilines is 1. The van der Waals surface area contributed by atoms with Crippen molar-refractivity contribution in [2.75, 3.05) is 38.8 Å². The van der Waals surface area contributed by atoms with Crippen LogP contribution in [-0.2, 0) is 14.8 Å². The lowest BCUT2D eigenvalue weighted by molar-refractivity contribution is -0.387. The van der Waals surface area contributed by atoms with Gasteiger partial charge in [-0.05, 0) is 51.8 Å². The highest BCUT2D eigenvalue weighted by molar-refractivity contribution is 9.10. The number of benzene rings is 3. The molecule has 222 valence electrons. The fraction of sp³-hybridized carbons (Fsp3) is 0.185. The lowest BCUT2D eigenvalue weighted by Gasteiger charge is -2.25. The van der Waals surface area contributed by atoms with Gasteiger partial charge in [0.25, 0.3) is 21.6 Å². The molecule has 0 unspecified atom stereocenters. The first kappa shape index (κ1) is 31.9. The third-order valence-electron chi connectivity index (χ3n) is 5.57. The molecule has 0 atom stereocenters. The van der Waals surface area contributed by atoms with Crippen LogP contribution in [0.4, 0.5) is 11.4 Å². The van der Waals surface area contributed by atoms with Crippen LogP contribution in [0.5, 0.6) is 23.0 Å². The van der Waals surface area contributed by atoms with E-state index in [1.54, 1.807) is 18.2 Å². The minimum Gasteiger partial charge on any atom is -0.497 e. The van der Waals surface area contributed by atoms with E-state index in [0.717, 1.165) is 12.1 Å². The van der Waals surface area contributed by atoms with Crippen LogP contribution in [-0.4, -0.2) is 59.9 Å². The van der Waals surface area contributed by atoms with E-state index in [0.29, 0.717) is 31.6 Å². The second-order valence-electron chi connectivity index (χ2n) is 8.20. The summed E-state index contributed by atoms with van der Waals surface area (Å²) in [6, 6.07) is 12.3. The average molecular weight is 664 g/mol. The van der Waals surface area contributed by atoms with Crippen molar-refractivity contribution in [1.82, 2.24) is 5.43 Å². The summed E-state index contributed by atoms with van der Waals surface area (Å²) in [5.74, 6) is 0.400. The monoisotopic (exact) mass is 662 g/mol. The number of methoxy groups -OCH3 is 3. The highest BCUT2D eigenvalue weighted by atomic mass is 79.9. The standard InChI is InChI=1S/C27H27BrN4O9S/c1-5-12-41-27-20(28)13-18(14-24(27)40-4)16-29-30-26(33)17-31(21-11-10-19(38-2)15-23(21)39-3)42(36,37)25-9-7-6-8-22(25)32(34)35/h5-11,13-16H,1,12,17H2,2-4H3,(H,30,33). The average Bonchev–Trinajstić information content (AvgIpc) is 2.98. The Balaban J connectivity index is 1.96. The van der Waals surface area contributed by atoms with Gasteiger partial charge in [-0.2, -0.15) is 5.10 Å². The number of nitro benzene ring substituents is 1. The fourth-order valence-electron chi connectivity index (χ4n) is 3.68. The van der Waals surface area contributed by atoms with Gasteiger partial charge < -0.3 is 18.9 Å². The molecule has 0 aromatic heterocycles. The quantitative estimate of drug-likeness (QED) is 0.115. The summed E-state index contributed by atoms with van der Waals surface area (Å²) in [5.41, 5.74) is 2.09. The van der Waals surface area contributed by atoms with E-state index in [9.17, 15) is 23.3 Å². The largest absolute Gasteiger partial charge is 0.497 e. The topological polar surface area (TPSA) is 159 Å². The first-order chi connectivity index (χ1) is 20.1. The van der Waals surface area contributed by atoms with Crippen molar-refractivity contribution < 1.29 is 37.1 Å². The van der Waals surface area contributed by atoms with Gasteiger partial charge in [0.2, 0.25) is 0 Å². The van der Waals surface area contributed by atoms with E-state index in [4.69, 9.17) is 18.9 Å². The van der Waals surface area contributed by atoms with Gasteiger partial charge in [-0.3, -0.25) is 19.2 Å². The number of hydrogen-bond donors (Lipinski definition) is 1. The summed E-state index contributed by atoms with van der Waals surface area (Å²) in [4.78, 5) is 23.2. The molecular weight excluding hydrogens is 636 g/mol. The number of carbonyl (C=O) groups is 1. The second kappa shape index (κ2) is 14.3. The van der Waals surface area contributed by atoms with Crippen LogP contribution in [0.2, 0.25) is 0 Å². The maximum Gasteiger partial charge on any atom is 0.289 e. The number of ether oxygens (including phenoxy) is 4. The number of hydrogen-bond acceptors (Lipinski definition) is 10. The number of nitrogens with zero attached hydrogens (tertiary/aromatic N) is 3. The van der Waals surface area contributed by atoms with Crippen molar-refractivity contribution in [3.05, 3.63) is 87.4 Å². The highest BCUT2D eigenvalue weighted by Crippen LogP contribution is 2.38. The summed E-state index contributed by atoms with van der Waals surface area (Å²) < 4.78 is 50.3. The van der Waals surface area contributed by atoms with Gasteiger partial charge in [0.15, 0.2) is 16.4 Å². The van der Waals surface area contributed by atoms with Crippen LogP contribution in [0.3, 0.4) is 0 Å². The van der Waals surface area contributed by atoms with Crippen LogP contribution in [0, 0.1) is 10.1 Å². The van der Waals surface area contributed by atoms with Crippen molar-refractivity contribution in [2.24, 2.45) is 5.10 Å². The number of carbonyl (C=O) groups excluding carboxylic acids is 1. The van der Waals surface area contributed by atoms with E-state index in [2.05, 4.69) is 33.0 Å². The summed E-state index contributed by atoms with van der Waals surface area (Å²) in [6.45, 7) is 3.07. The van der Waals surface area contributed by atoms with E-state index in [-0.39, 0.29) is 18.0 Å². The molecule has 15 heteroatoms. The van der Waals surface area contributed by atoms with Crippen LogP contribution >= 0.6 is 15.9 Å². The van der Waals surface area contributed by atoms with Crippen LogP contribution in [0.25, 0.3) is 0 Å². The molecule has 13 nitrogen and oxygen atoms in total. The predicted octanol–water partition coefficient (Wildman–Crippen LogP) is 4.29. The molecule has 1 N–H and O–H groups in total. The van der Waals surface area contributed by atoms with E-state index < -0.39 is 38.0 Å². The molecular formula is C27H27BrN4O9S. The molecule has 0 saturated carbocycles. The van der Waals surface area contributed by atoms with Crippen molar-refractivity contribution in [1.29, 1.82) is 0 Å². The van der Waals surface area contributed by atoms with Gasteiger partial charge in [0, 0.05) is 12.1 Å². The highest BCUT2D eigenvalue weighted by Gasteiger charge is 2.34. The van der Waals surface area contributed by atoms with E-state index in [1.165, 1.54) is 57.9 Å². The second-order valence-corrected chi connectivity index (χ2v) is 10.9. The fourth-order valence-corrected chi connectivity index (χ4v) is 5.84. The lowest BCUT2D eigenvalue weighted by Crippen LogP contribution is -2.40. The van der Waals surface area contributed by atoms with Crippen molar-refractivity contribution in [2.45, 2.75) is 4.90 Å². The van der Waals surface area contributed by atoms with Crippen molar-refractivity contribution in [3.63, 3.8) is 0 Å². The van der Waals surface area contributed by atoms with E-state index in [1.807, 2.05) is 0 Å². The smallest absolute Gasteiger partial charge is 0.289 e. The maximum absolute atomic E-state index is 13.8. The first-order valence-corrected chi connectivity index (χ1v) is 14.2. The van der Waals surface area contributed by atoms with Crippen molar-refractivity contribution >= 4 is 49.4 Å². The maximum atomic E-state index is 13.8. The van der Waals surface area contributed by atoms with E-state index >= 15 is 0 Å². The molecule has 0 aliphatic carbocycles. The Morgan fingerprint density at radius 2 is 1.81 bits per heavy atom. The van der Waals surface area contributed by atoms with Gasteiger partial charge >= 0.3 is 0 Å². The lowest BCUT2D eigenvalue weighted by atomic mass is 10.2. The molecule has 3 aromatic rings. The summed E-state index contributed by atoms with van der Waals surface area (Å²) in [5, 5.41) is 15.6. The Hall–Kier alpha value is -4.63. The number of sulfonamides is 1. The van der Waals surface area contributed by atoms with Gasteiger partial charge in [-0.15, -0.1) is 0 Å². The summed E-state index contributed by atoms with van der Waals surface area (Å²) in [7, 11) is -0.485. The minimum absolute atomic E-state index is 0.0449. The zero-order valence-electron chi connectivity index (χ0n) is 22.8. The van der Waals surface area contributed by atoms with Crippen LogP contribution in [0.1, 0.15) is 5.56 Å². The summed E-state index contributed by atoms with van der Waals surface area (Å²) in [6.07, 6.45) is 2.90. The third kappa shape index (κ3) is 7.36. The zero-order valence-corrected chi connectivity index (χ0v) is 25.2. The van der Waals surface area contributed by atoms with Gasteiger partial charge in [-0.1, -0.05) is 24.8 Å². The number of nitro groups is 1. The molecule has 42 heavy (non-hydrogen) atoms. The zero-order chi connectivity index (χ0) is 30.9. The molecule has 3 aromatic carbocycles. The number of halogens is 1. The van der Waals surface area contributed by atoms with Gasteiger partial charge in [0.1, 0.15) is 24.7 Å². The molecule has 0 bridgehead atoms. The van der Waals surface area contributed by atoms with Crippen LogP contribution in [0.15, 0.2) is 81.7 Å². The molecule has 0 heterocycles. The predicted molar refractivity (Wildman–Crippen MR) is 159 cm³/mol. The number of nitrogens with one attached hydrogen (secondary N) is 1. The molecule has 0 aliphatic rings. The third-order valence-corrected chi connectivity index (χ3v) is 7.97. The van der Waals surface area contributed by atoms with Gasteiger partial charge in [-0.25, -0.2) is 13.8 Å². The Morgan fingerprint density at radius 1 is 1.10 bits per heavy atom. The number of amides is 1. The SMILES string of the molecule is C=CCOc1c(Br)cc(C=NNC(=O)CN(c2ccc(OC)cc2OC)S(=O)(=O)c2ccccc2[N+](=O)[O-])cc1OC. The minimum atomic E-state index is -4.67. The molecule has 0 saturated heterocycles. The summed E-state index contributed by atoms with van der Waals surface area (Å²) >= 11 is 3.40. The molecule has 0 spiro atoms. The molecule has 0 fully saturated rings. The van der Waals surface area contributed by atoms with Crippen LogP contribution < -0.4 is 28.7 Å². The Kier molecular flexibility index (Phi) is 10.9. The Labute approximate surface area is 250 Å². The van der Waals surface area contributed by atoms with Crippen molar-refractivity contribution in [3.8, 4) is 23.0 Å². The number of para-hydroxylation sites is 1.